The van der Waals surface area contributed by atoms with Crippen molar-refractivity contribution in [2.45, 2.75) is 43.5 Å². The standard InChI is InChI=1S/C25H31N3O4S/c1-18-16-20-17-21(10-11-22(20)28(18)25(29)19-6-5-7-19)33(30,31)27-14-12-26(13-15-27)23-8-3-4-9-24(23)32-2/h3-4,8-11,17-19H,5-7,12-16H2,1-2H3/t18-/m1/s1. The van der Waals surface area contributed by atoms with E-state index in [1.807, 2.05) is 42.2 Å². The Hall–Kier alpha value is -2.58. The Morgan fingerprint density at radius 3 is 2.39 bits per heavy atom. The highest BCUT2D eigenvalue weighted by molar-refractivity contribution is 7.89. The molecule has 2 heterocycles. The second-order valence-corrected chi connectivity index (χ2v) is 11.2. The summed E-state index contributed by atoms with van der Waals surface area (Å²) in [4.78, 5) is 17.3. The summed E-state index contributed by atoms with van der Waals surface area (Å²) in [7, 11) is -1.95. The number of carbonyl (C=O) groups is 1. The molecule has 33 heavy (non-hydrogen) atoms. The Labute approximate surface area is 196 Å². The maximum absolute atomic E-state index is 13.4. The third-order valence-electron chi connectivity index (χ3n) is 7.26. The van der Waals surface area contributed by atoms with Crippen molar-refractivity contribution < 1.29 is 17.9 Å². The number of rotatable bonds is 5. The van der Waals surface area contributed by atoms with Gasteiger partial charge in [-0.15, -0.1) is 0 Å². The summed E-state index contributed by atoms with van der Waals surface area (Å²) in [6.45, 7) is 4.08. The molecule has 1 aliphatic carbocycles. The first-order valence-corrected chi connectivity index (χ1v) is 13.2. The van der Waals surface area contributed by atoms with Crippen LogP contribution in [0.15, 0.2) is 47.4 Å². The van der Waals surface area contributed by atoms with Gasteiger partial charge in [-0.3, -0.25) is 4.79 Å². The summed E-state index contributed by atoms with van der Waals surface area (Å²) >= 11 is 0. The molecule has 2 aromatic rings. The van der Waals surface area contributed by atoms with Crippen molar-refractivity contribution in [3.63, 3.8) is 0 Å². The number of sulfonamides is 1. The number of anilines is 2. The molecule has 5 rings (SSSR count). The van der Waals surface area contributed by atoms with Gasteiger partial charge in [0.2, 0.25) is 15.9 Å². The van der Waals surface area contributed by atoms with Crippen molar-refractivity contribution in [2.24, 2.45) is 5.92 Å². The molecule has 1 saturated heterocycles. The lowest BCUT2D eigenvalue weighted by atomic mass is 9.84. The highest BCUT2D eigenvalue weighted by Crippen LogP contribution is 2.38. The number of hydrogen-bond acceptors (Lipinski definition) is 5. The monoisotopic (exact) mass is 469 g/mol. The van der Waals surface area contributed by atoms with Gasteiger partial charge in [0, 0.05) is 43.8 Å². The van der Waals surface area contributed by atoms with Crippen molar-refractivity contribution in [2.75, 3.05) is 43.1 Å². The first-order chi connectivity index (χ1) is 15.9. The molecule has 1 amide bonds. The molecule has 0 unspecified atom stereocenters. The molecule has 8 heteroatoms. The van der Waals surface area contributed by atoms with E-state index in [2.05, 4.69) is 4.90 Å². The summed E-state index contributed by atoms with van der Waals surface area (Å²) in [5, 5.41) is 0. The van der Waals surface area contributed by atoms with Gasteiger partial charge in [-0.2, -0.15) is 4.31 Å². The molecule has 2 aromatic carbocycles. The van der Waals surface area contributed by atoms with Crippen LogP contribution in [0.3, 0.4) is 0 Å². The van der Waals surface area contributed by atoms with Crippen molar-refractivity contribution in [3.05, 3.63) is 48.0 Å². The SMILES string of the molecule is COc1ccccc1N1CCN(S(=O)(=O)c2ccc3c(c2)C[C@@H](C)N3C(=O)C2CCC2)CC1. The lowest BCUT2D eigenvalue weighted by Gasteiger charge is -2.36. The normalized spacial score (nSPS) is 21.6. The molecule has 7 nitrogen and oxygen atoms in total. The average molecular weight is 470 g/mol. The Kier molecular flexibility index (Phi) is 5.82. The van der Waals surface area contributed by atoms with Gasteiger partial charge in [-0.05, 0) is 62.1 Å². The van der Waals surface area contributed by atoms with Gasteiger partial charge < -0.3 is 14.5 Å². The zero-order chi connectivity index (χ0) is 23.2. The van der Waals surface area contributed by atoms with Crippen molar-refractivity contribution in [3.8, 4) is 5.75 Å². The molecule has 0 radical (unpaired) electrons. The van der Waals surface area contributed by atoms with Gasteiger partial charge in [-0.1, -0.05) is 18.6 Å². The van der Waals surface area contributed by atoms with Crippen LogP contribution in [0.5, 0.6) is 5.75 Å². The fraction of sp³-hybridized carbons (Fsp3) is 0.480. The van der Waals surface area contributed by atoms with Crippen LogP contribution < -0.4 is 14.5 Å². The number of fused-ring (bicyclic) bond motifs is 1. The summed E-state index contributed by atoms with van der Waals surface area (Å²) in [5.74, 6) is 1.11. The van der Waals surface area contributed by atoms with Gasteiger partial charge in [0.25, 0.3) is 0 Å². The average Bonchev–Trinajstić information content (AvgIpc) is 3.12. The van der Waals surface area contributed by atoms with Crippen LogP contribution in [-0.4, -0.2) is 58.0 Å². The van der Waals surface area contributed by atoms with Gasteiger partial charge in [0.15, 0.2) is 0 Å². The summed E-state index contributed by atoms with van der Waals surface area (Å²) < 4.78 is 33.9. The van der Waals surface area contributed by atoms with E-state index >= 15 is 0 Å². The van der Waals surface area contributed by atoms with Crippen LogP contribution in [0.2, 0.25) is 0 Å². The third kappa shape index (κ3) is 3.89. The van der Waals surface area contributed by atoms with E-state index in [1.54, 1.807) is 23.5 Å². The van der Waals surface area contributed by atoms with Crippen molar-refractivity contribution in [1.82, 2.24) is 4.31 Å². The predicted octanol–water partition coefficient (Wildman–Crippen LogP) is 3.28. The number of methoxy groups -OCH3 is 1. The number of hydrogen-bond donors (Lipinski definition) is 0. The largest absolute Gasteiger partial charge is 0.495 e. The lowest BCUT2D eigenvalue weighted by molar-refractivity contribution is -0.125. The lowest BCUT2D eigenvalue weighted by Crippen LogP contribution is -2.48. The number of para-hydroxylation sites is 2. The minimum Gasteiger partial charge on any atom is -0.495 e. The van der Waals surface area contributed by atoms with E-state index in [1.165, 1.54) is 0 Å². The zero-order valence-corrected chi connectivity index (χ0v) is 20.1. The minimum atomic E-state index is -3.60. The third-order valence-corrected chi connectivity index (χ3v) is 9.16. The molecule has 0 spiro atoms. The molecule has 0 bridgehead atoms. The number of nitrogens with zero attached hydrogens (tertiary/aromatic N) is 3. The highest BCUT2D eigenvalue weighted by Gasteiger charge is 2.38. The summed E-state index contributed by atoms with van der Waals surface area (Å²) in [6, 6.07) is 13.2. The van der Waals surface area contributed by atoms with Crippen molar-refractivity contribution >= 4 is 27.3 Å². The zero-order valence-electron chi connectivity index (χ0n) is 19.2. The summed E-state index contributed by atoms with van der Waals surface area (Å²) in [6.07, 6.45) is 3.74. The topological polar surface area (TPSA) is 70.2 Å². The molecule has 2 fully saturated rings. The predicted molar refractivity (Wildman–Crippen MR) is 128 cm³/mol. The van der Waals surface area contributed by atoms with Crippen LogP contribution in [0, 0.1) is 5.92 Å². The maximum Gasteiger partial charge on any atom is 0.243 e. The number of carbonyl (C=O) groups excluding carboxylic acids is 1. The number of piperazine rings is 1. The van der Waals surface area contributed by atoms with Crippen LogP contribution in [-0.2, 0) is 21.2 Å². The Bertz CT molecular complexity index is 1150. The van der Waals surface area contributed by atoms with E-state index in [-0.39, 0.29) is 17.9 Å². The smallest absolute Gasteiger partial charge is 0.243 e. The second kappa shape index (κ2) is 8.65. The fourth-order valence-electron chi connectivity index (χ4n) is 5.17. The Balaban J connectivity index is 1.32. The van der Waals surface area contributed by atoms with E-state index in [0.717, 1.165) is 42.0 Å². The first kappa shape index (κ1) is 22.2. The second-order valence-electron chi connectivity index (χ2n) is 9.24. The van der Waals surface area contributed by atoms with Gasteiger partial charge in [0.1, 0.15) is 5.75 Å². The Morgan fingerprint density at radius 1 is 1.00 bits per heavy atom. The maximum atomic E-state index is 13.4. The molecule has 2 aliphatic heterocycles. The van der Waals surface area contributed by atoms with E-state index in [0.29, 0.717) is 37.5 Å². The van der Waals surface area contributed by atoms with Crippen LogP contribution in [0.4, 0.5) is 11.4 Å². The molecule has 0 aromatic heterocycles. The minimum absolute atomic E-state index is 0.0652. The number of benzene rings is 2. The Morgan fingerprint density at radius 2 is 1.73 bits per heavy atom. The molecule has 1 saturated carbocycles. The first-order valence-electron chi connectivity index (χ1n) is 11.7. The molecule has 176 valence electrons. The fourth-order valence-corrected chi connectivity index (χ4v) is 6.64. The van der Waals surface area contributed by atoms with Gasteiger partial charge in [0.05, 0.1) is 17.7 Å². The highest BCUT2D eigenvalue weighted by atomic mass is 32.2. The van der Waals surface area contributed by atoms with Crippen LogP contribution in [0.1, 0.15) is 31.7 Å². The van der Waals surface area contributed by atoms with E-state index < -0.39 is 10.0 Å². The molecule has 1 atom stereocenters. The van der Waals surface area contributed by atoms with Crippen molar-refractivity contribution in [1.29, 1.82) is 0 Å². The molecular weight excluding hydrogens is 438 g/mol. The number of amides is 1. The molecular formula is C25H31N3O4S. The summed E-state index contributed by atoms with van der Waals surface area (Å²) in [5.41, 5.74) is 2.81. The van der Waals surface area contributed by atoms with E-state index in [9.17, 15) is 13.2 Å². The quantitative estimate of drug-likeness (QED) is 0.672. The van der Waals surface area contributed by atoms with Crippen LogP contribution >= 0.6 is 0 Å². The molecule has 0 N–H and O–H groups in total. The molecule has 3 aliphatic rings. The van der Waals surface area contributed by atoms with E-state index in [4.69, 9.17) is 4.74 Å². The van der Waals surface area contributed by atoms with Crippen LogP contribution in [0.25, 0.3) is 0 Å². The van der Waals surface area contributed by atoms with Gasteiger partial charge >= 0.3 is 0 Å². The van der Waals surface area contributed by atoms with Gasteiger partial charge in [-0.25, -0.2) is 8.42 Å². The number of ether oxygens (including phenoxy) is 1.